The summed E-state index contributed by atoms with van der Waals surface area (Å²) in [5.41, 5.74) is 4.43. The number of hydrogen-bond acceptors (Lipinski definition) is 5. The lowest BCUT2D eigenvalue weighted by Crippen LogP contribution is -2.28. The molecule has 0 saturated carbocycles. The van der Waals surface area contributed by atoms with Crippen LogP contribution in [0.5, 0.6) is 0 Å². The number of carbonyl (C=O) groups excluding carboxylic acids is 1. The molecule has 92 valence electrons. The summed E-state index contributed by atoms with van der Waals surface area (Å²) in [4.78, 5) is 11.2. The molecule has 7 nitrogen and oxygen atoms in total. The van der Waals surface area contributed by atoms with Crippen molar-refractivity contribution in [3.8, 4) is 0 Å². The van der Waals surface area contributed by atoms with E-state index in [1.165, 1.54) is 25.0 Å². The van der Waals surface area contributed by atoms with E-state index in [9.17, 15) is 4.79 Å². The van der Waals surface area contributed by atoms with Crippen LogP contribution in [0.3, 0.4) is 0 Å². The van der Waals surface area contributed by atoms with Crippen molar-refractivity contribution in [2.45, 2.75) is 0 Å². The Kier molecular flexibility index (Phi) is 3.91. The molecule has 0 bridgehead atoms. The molecule has 2 amide bonds. The number of nitrogens with zero attached hydrogens (tertiary/aromatic N) is 2. The van der Waals surface area contributed by atoms with E-state index in [-0.39, 0.29) is 0 Å². The van der Waals surface area contributed by atoms with Gasteiger partial charge >= 0.3 is 6.03 Å². The van der Waals surface area contributed by atoms with Gasteiger partial charge in [-0.15, -0.1) is 0 Å². The van der Waals surface area contributed by atoms with Crippen molar-refractivity contribution < 1.29 is 13.6 Å². The molecule has 0 unspecified atom stereocenters. The van der Waals surface area contributed by atoms with Crippen LogP contribution >= 0.6 is 0 Å². The first-order chi connectivity index (χ1) is 8.84. The van der Waals surface area contributed by atoms with Crippen LogP contribution in [0.4, 0.5) is 4.79 Å². The molecule has 0 aliphatic carbocycles. The Morgan fingerprint density at radius 1 is 1.00 bits per heavy atom. The number of amides is 2. The van der Waals surface area contributed by atoms with Gasteiger partial charge in [0, 0.05) is 0 Å². The van der Waals surface area contributed by atoms with Gasteiger partial charge in [0.25, 0.3) is 0 Å². The first kappa shape index (κ1) is 11.6. The third kappa shape index (κ3) is 3.63. The van der Waals surface area contributed by atoms with Crippen molar-refractivity contribution in [1.82, 2.24) is 10.9 Å². The third-order valence-corrected chi connectivity index (χ3v) is 1.80. The summed E-state index contributed by atoms with van der Waals surface area (Å²) in [5, 5.41) is 7.30. The molecule has 0 spiro atoms. The van der Waals surface area contributed by atoms with Gasteiger partial charge in [-0.05, 0) is 24.3 Å². The molecule has 0 fully saturated rings. The number of nitrogens with one attached hydrogen (secondary N) is 2. The van der Waals surface area contributed by atoms with Gasteiger partial charge in [-0.25, -0.2) is 15.6 Å². The van der Waals surface area contributed by atoms with Crippen molar-refractivity contribution in [2.24, 2.45) is 10.2 Å². The number of urea groups is 1. The van der Waals surface area contributed by atoms with Crippen LogP contribution in [0, 0.1) is 0 Å². The van der Waals surface area contributed by atoms with Gasteiger partial charge in [-0.1, -0.05) is 0 Å². The summed E-state index contributed by atoms with van der Waals surface area (Å²) < 4.78 is 9.96. The summed E-state index contributed by atoms with van der Waals surface area (Å²) >= 11 is 0. The van der Waals surface area contributed by atoms with E-state index in [2.05, 4.69) is 21.1 Å². The van der Waals surface area contributed by atoms with Gasteiger partial charge in [0.2, 0.25) is 0 Å². The second-order valence-electron chi connectivity index (χ2n) is 3.10. The fraction of sp³-hybridized carbons (Fsp3) is 0. The maximum absolute atomic E-state index is 11.2. The minimum absolute atomic E-state index is 0.536. The largest absolute Gasteiger partial charge is 0.463 e. The lowest BCUT2D eigenvalue weighted by Gasteiger charge is -1.95. The molecular formula is C11H10N4O3. The van der Waals surface area contributed by atoms with Gasteiger partial charge in [-0.2, -0.15) is 10.2 Å². The molecule has 2 aromatic heterocycles. The highest BCUT2D eigenvalue weighted by atomic mass is 16.3. The fourth-order valence-corrected chi connectivity index (χ4v) is 1.06. The van der Waals surface area contributed by atoms with E-state index in [1.54, 1.807) is 24.3 Å². The quantitative estimate of drug-likeness (QED) is 0.633. The average molecular weight is 246 g/mol. The SMILES string of the molecule is O=C(N/N=C\c1ccco1)N/N=C/c1ccco1. The van der Waals surface area contributed by atoms with Crippen LogP contribution in [0.25, 0.3) is 0 Å². The molecule has 0 atom stereocenters. The van der Waals surface area contributed by atoms with Gasteiger partial charge < -0.3 is 8.83 Å². The minimum atomic E-state index is -0.569. The number of rotatable bonds is 4. The van der Waals surface area contributed by atoms with Crippen molar-refractivity contribution in [2.75, 3.05) is 0 Å². The van der Waals surface area contributed by atoms with Crippen LogP contribution in [-0.4, -0.2) is 18.5 Å². The molecule has 0 saturated heterocycles. The molecule has 0 aliphatic rings. The summed E-state index contributed by atoms with van der Waals surface area (Å²) in [6.07, 6.45) is 5.76. The fourth-order valence-electron chi connectivity index (χ4n) is 1.06. The van der Waals surface area contributed by atoms with Crippen molar-refractivity contribution >= 4 is 18.5 Å². The summed E-state index contributed by atoms with van der Waals surface area (Å²) in [7, 11) is 0. The summed E-state index contributed by atoms with van der Waals surface area (Å²) in [5.74, 6) is 1.07. The van der Waals surface area contributed by atoms with Crippen LogP contribution in [0.2, 0.25) is 0 Å². The van der Waals surface area contributed by atoms with E-state index < -0.39 is 6.03 Å². The maximum Gasteiger partial charge on any atom is 0.355 e. The second-order valence-corrected chi connectivity index (χ2v) is 3.10. The first-order valence-corrected chi connectivity index (χ1v) is 5.04. The molecule has 2 rings (SSSR count). The van der Waals surface area contributed by atoms with Crippen molar-refractivity contribution in [1.29, 1.82) is 0 Å². The van der Waals surface area contributed by atoms with Gasteiger partial charge in [-0.3, -0.25) is 0 Å². The van der Waals surface area contributed by atoms with E-state index in [0.717, 1.165) is 0 Å². The lowest BCUT2D eigenvalue weighted by atomic mass is 10.5. The minimum Gasteiger partial charge on any atom is -0.463 e. The third-order valence-electron chi connectivity index (χ3n) is 1.80. The predicted molar refractivity (Wildman–Crippen MR) is 64.3 cm³/mol. The number of hydrazone groups is 2. The predicted octanol–water partition coefficient (Wildman–Crippen LogP) is 1.54. The number of carbonyl (C=O) groups is 1. The monoisotopic (exact) mass is 246 g/mol. The van der Waals surface area contributed by atoms with E-state index in [0.29, 0.717) is 11.5 Å². The highest BCUT2D eigenvalue weighted by molar-refractivity contribution is 5.81. The van der Waals surface area contributed by atoms with E-state index >= 15 is 0 Å². The topological polar surface area (TPSA) is 92.1 Å². The molecule has 2 heterocycles. The maximum atomic E-state index is 11.2. The molecule has 2 aromatic rings. The zero-order valence-corrected chi connectivity index (χ0v) is 9.24. The molecule has 0 radical (unpaired) electrons. The number of furan rings is 2. The van der Waals surface area contributed by atoms with E-state index in [4.69, 9.17) is 8.83 Å². The Morgan fingerprint density at radius 3 is 1.89 bits per heavy atom. The first-order valence-electron chi connectivity index (χ1n) is 5.04. The van der Waals surface area contributed by atoms with Crippen molar-refractivity contribution in [3.63, 3.8) is 0 Å². The number of hydrogen-bond donors (Lipinski definition) is 2. The molecule has 0 aliphatic heterocycles. The Hall–Kier alpha value is -2.83. The zero-order valence-electron chi connectivity index (χ0n) is 9.24. The molecule has 18 heavy (non-hydrogen) atoms. The summed E-state index contributed by atoms with van der Waals surface area (Å²) in [6, 6.07) is 6.28. The Balaban J connectivity index is 1.72. The Morgan fingerprint density at radius 2 is 1.50 bits per heavy atom. The van der Waals surface area contributed by atoms with E-state index in [1.807, 2.05) is 0 Å². The standard InChI is InChI=1S/C11H10N4O3/c16-11(14-12-7-9-3-1-5-17-9)15-13-8-10-4-2-6-18-10/h1-8H,(H2,14,15,16)/b12-7-,13-8+. The average Bonchev–Trinajstić information content (AvgIpc) is 3.01. The van der Waals surface area contributed by atoms with Gasteiger partial charge in [0.1, 0.15) is 11.5 Å². The van der Waals surface area contributed by atoms with Crippen molar-refractivity contribution in [3.05, 3.63) is 48.3 Å². The normalized spacial score (nSPS) is 11.1. The Bertz CT molecular complexity index is 480. The van der Waals surface area contributed by atoms with Gasteiger partial charge in [0.05, 0.1) is 25.0 Å². The Labute approximate surface area is 102 Å². The van der Waals surface area contributed by atoms with Crippen LogP contribution in [0.15, 0.2) is 55.8 Å². The highest BCUT2D eigenvalue weighted by Gasteiger charge is 1.95. The summed E-state index contributed by atoms with van der Waals surface area (Å²) in [6.45, 7) is 0. The molecule has 0 aromatic carbocycles. The van der Waals surface area contributed by atoms with Crippen LogP contribution in [0.1, 0.15) is 11.5 Å². The smallest absolute Gasteiger partial charge is 0.355 e. The zero-order chi connectivity index (χ0) is 12.6. The van der Waals surface area contributed by atoms with Crippen LogP contribution in [-0.2, 0) is 0 Å². The highest BCUT2D eigenvalue weighted by Crippen LogP contribution is 1.95. The lowest BCUT2D eigenvalue weighted by molar-refractivity contribution is 0.242. The molecule has 2 N–H and O–H groups in total. The molecular weight excluding hydrogens is 236 g/mol. The van der Waals surface area contributed by atoms with Crippen LogP contribution < -0.4 is 10.9 Å². The molecule has 7 heteroatoms. The second kappa shape index (κ2) is 6.04. The van der Waals surface area contributed by atoms with Gasteiger partial charge in [0.15, 0.2) is 0 Å².